The number of benzene rings is 1. The van der Waals surface area contributed by atoms with Crippen LogP contribution in [0.25, 0.3) is 0 Å². The predicted octanol–water partition coefficient (Wildman–Crippen LogP) is 4.61. The molecule has 1 aromatic heterocycles. The van der Waals surface area contributed by atoms with Crippen LogP contribution in [0.5, 0.6) is 0 Å². The van der Waals surface area contributed by atoms with Gasteiger partial charge in [-0.2, -0.15) is 0 Å². The zero-order valence-corrected chi connectivity index (χ0v) is 14.0. The van der Waals surface area contributed by atoms with Crippen LogP contribution in [0.4, 0.5) is 0 Å². The Hall–Kier alpha value is -1.54. The Morgan fingerprint density at radius 3 is 2.29 bits per heavy atom. The molecule has 0 saturated heterocycles. The van der Waals surface area contributed by atoms with Crippen molar-refractivity contribution >= 4 is 0 Å². The van der Waals surface area contributed by atoms with Gasteiger partial charge >= 0.3 is 0 Å². The highest BCUT2D eigenvalue weighted by Crippen LogP contribution is 2.23. The van der Waals surface area contributed by atoms with Crippen molar-refractivity contribution in [3.63, 3.8) is 0 Å². The van der Waals surface area contributed by atoms with Gasteiger partial charge in [-0.05, 0) is 43.9 Å². The fourth-order valence-electron chi connectivity index (χ4n) is 3.16. The Balaban J connectivity index is 2.13. The van der Waals surface area contributed by atoms with E-state index in [4.69, 9.17) is 0 Å². The minimum absolute atomic E-state index is 0.399. The Morgan fingerprint density at radius 2 is 1.76 bits per heavy atom. The van der Waals surface area contributed by atoms with Gasteiger partial charge in [0.25, 0.3) is 0 Å². The zero-order valence-electron chi connectivity index (χ0n) is 14.0. The van der Waals surface area contributed by atoms with Gasteiger partial charge in [-0.15, -0.1) is 0 Å². The van der Waals surface area contributed by atoms with Crippen molar-refractivity contribution in [2.75, 3.05) is 0 Å². The first-order valence-electron chi connectivity index (χ1n) is 7.98. The molecule has 0 fully saturated rings. The van der Waals surface area contributed by atoms with Gasteiger partial charge in [-0.1, -0.05) is 44.2 Å². The third kappa shape index (κ3) is 3.56. The van der Waals surface area contributed by atoms with E-state index in [0.29, 0.717) is 12.0 Å². The van der Waals surface area contributed by atoms with Crippen LogP contribution in [0.1, 0.15) is 49.3 Å². The first-order valence-corrected chi connectivity index (χ1v) is 7.98. The van der Waals surface area contributed by atoms with Gasteiger partial charge in [0.05, 0.1) is 0 Å². The molecule has 1 N–H and O–H groups in total. The summed E-state index contributed by atoms with van der Waals surface area (Å²) in [6.45, 7) is 13.1. The molecule has 0 bridgehead atoms. The topological polar surface area (TPSA) is 17.0 Å². The van der Waals surface area contributed by atoms with Gasteiger partial charge in [-0.25, -0.2) is 0 Å². The number of nitrogens with zero attached hydrogens (tertiary/aromatic N) is 1. The summed E-state index contributed by atoms with van der Waals surface area (Å²) in [6.07, 6.45) is 0. The van der Waals surface area contributed by atoms with E-state index in [0.717, 1.165) is 13.1 Å². The molecule has 0 aliphatic carbocycles. The lowest BCUT2D eigenvalue weighted by Gasteiger charge is -2.23. The maximum atomic E-state index is 3.74. The summed E-state index contributed by atoms with van der Waals surface area (Å²) in [5, 5.41) is 3.74. The van der Waals surface area contributed by atoms with Gasteiger partial charge in [0.15, 0.2) is 0 Å². The predicted molar refractivity (Wildman–Crippen MR) is 90.4 cm³/mol. The van der Waals surface area contributed by atoms with E-state index in [9.17, 15) is 0 Å². The molecular weight excluding hydrogens is 256 g/mol. The molecule has 0 aliphatic heterocycles. The van der Waals surface area contributed by atoms with Crippen LogP contribution < -0.4 is 5.32 Å². The Morgan fingerprint density at radius 1 is 1.10 bits per heavy atom. The van der Waals surface area contributed by atoms with E-state index < -0.39 is 0 Å². The average Bonchev–Trinajstić information content (AvgIpc) is 2.74. The van der Waals surface area contributed by atoms with Gasteiger partial charge in [0.1, 0.15) is 0 Å². The zero-order chi connectivity index (χ0) is 15.4. The van der Waals surface area contributed by atoms with Crippen LogP contribution in [-0.4, -0.2) is 4.57 Å². The maximum Gasteiger partial charge on any atom is 0.0346 e. The van der Waals surface area contributed by atoms with Crippen LogP contribution in [0.3, 0.4) is 0 Å². The summed E-state index contributed by atoms with van der Waals surface area (Å²) in [5.41, 5.74) is 5.53. The Bertz CT molecular complexity index is 567. The molecule has 0 spiro atoms. The van der Waals surface area contributed by atoms with E-state index in [2.05, 4.69) is 80.9 Å². The molecule has 0 aliphatic rings. The van der Waals surface area contributed by atoms with Crippen molar-refractivity contribution in [3.05, 3.63) is 58.9 Å². The van der Waals surface area contributed by atoms with Gasteiger partial charge in [0, 0.05) is 30.5 Å². The number of hydrogen-bond donors (Lipinski definition) is 1. The molecule has 1 atom stereocenters. The smallest absolute Gasteiger partial charge is 0.0346 e. The summed E-state index contributed by atoms with van der Waals surface area (Å²) in [6, 6.07) is 13.5. The third-order valence-corrected chi connectivity index (χ3v) is 4.33. The fraction of sp³-hybridized carbons (Fsp3) is 0.474. The SMILES string of the molecule is CCn1c(C)cc(CNC(c2ccccc2)C(C)C)c1C. The number of hydrogen-bond acceptors (Lipinski definition) is 1. The lowest BCUT2D eigenvalue weighted by atomic mass is 9.96. The molecular formula is C19H28N2. The second-order valence-electron chi connectivity index (χ2n) is 6.15. The molecule has 0 amide bonds. The third-order valence-electron chi connectivity index (χ3n) is 4.33. The Labute approximate surface area is 129 Å². The van der Waals surface area contributed by atoms with Crippen molar-refractivity contribution in [2.24, 2.45) is 5.92 Å². The van der Waals surface area contributed by atoms with E-state index in [1.165, 1.54) is 22.5 Å². The standard InChI is InChI=1S/C19H28N2/c1-6-21-15(4)12-18(16(21)5)13-20-19(14(2)3)17-10-8-7-9-11-17/h7-12,14,19-20H,6,13H2,1-5H3. The molecule has 0 saturated carbocycles. The van der Waals surface area contributed by atoms with Gasteiger partial charge < -0.3 is 9.88 Å². The highest BCUT2D eigenvalue weighted by atomic mass is 15.0. The van der Waals surface area contributed by atoms with Crippen molar-refractivity contribution in [1.82, 2.24) is 9.88 Å². The van der Waals surface area contributed by atoms with E-state index in [1.54, 1.807) is 0 Å². The lowest BCUT2D eigenvalue weighted by Crippen LogP contribution is -2.25. The summed E-state index contributed by atoms with van der Waals surface area (Å²) in [7, 11) is 0. The quantitative estimate of drug-likeness (QED) is 0.819. The van der Waals surface area contributed by atoms with Crippen molar-refractivity contribution in [2.45, 2.75) is 53.8 Å². The van der Waals surface area contributed by atoms with E-state index in [1.807, 2.05) is 0 Å². The number of aryl methyl sites for hydroxylation is 1. The fourth-order valence-corrected chi connectivity index (χ4v) is 3.16. The first-order chi connectivity index (χ1) is 10.0. The minimum atomic E-state index is 0.399. The second kappa shape index (κ2) is 6.95. The monoisotopic (exact) mass is 284 g/mol. The van der Waals surface area contributed by atoms with E-state index >= 15 is 0 Å². The summed E-state index contributed by atoms with van der Waals surface area (Å²) < 4.78 is 2.38. The molecule has 114 valence electrons. The van der Waals surface area contributed by atoms with Crippen LogP contribution in [0.2, 0.25) is 0 Å². The molecule has 21 heavy (non-hydrogen) atoms. The minimum Gasteiger partial charge on any atom is -0.349 e. The highest BCUT2D eigenvalue weighted by molar-refractivity contribution is 5.27. The largest absolute Gasteiger partial charge is 0.349 e. The molecule has 2 rings (SSSR count). The molecule has 1 aromatic carbocycles. The number of nitrogens with one attached hydrogen (secondary N) is 1. The normalized spacial score (nSPS) is 12.9. The van der Waals surface area contributed by atoms with Crippen molar-refractivity contribution in [3.8, 4) is 0 Å². The second-order valence-corrected chi connectivity index (χ2v) is 6.15. The van der Waals surface area contributed by atoms with Crippen LogP contribution in [0, 0.1) is 19.8 Å². The van der Waals surface area contributed by atoms with Crippen LogP contribution in [0.15, 0.2) is 36.4 Å². The maximum absolute atomic E-state index is 3.74. The number of rotatable bonds is 6. The highest BCUT2D eigenvalue weighted by Gasteiger charge is 2.16. The van der Waals surface area contributed by atoms with Crippen LogP contribution in [-0.2, 0) is 13.1 Å². The van der Waals surface area contributed by atoms with E-state index in [-0.39, 0.29) is 0 Å². The lowest BCUT2D eigenvalue weighted by molar-refractivity contribution is 0.410. The van der Waals surface area contributed by atoms with Crippen LogP contribution >= 0.6 is 0 Å². The first kappa shape index (κ1) is 15.8. The van der Waals surface area contributed by atoms with Gasteiger partial charge in [0.2, 0.25) is 0 Å². The van der Waals surface area contributed by atoms with Crippen molar-refractivity contribution in [1.29, 1.82) is 0 Å². The molecule has 1 unspecified atom stereocenters. The van der Waals surface area contributed by atoms with Gasteiger partial charge in [-0.3, -0.25) is 0 Å². The summed E-state index contributed by atoms with van der Waals surface area (Å²) in [4.78, 5) is 0. The molecule has 2 aromatic rings. The average molecular weight is 284 g/mol. The molecule has 2 heteroatoms. The molecule has 0 radical (unpaired) electrons. The molecule has 2 nitrogen and oxygen atoms in total. The summed E-state index contributed by atoms with van der Waals surface area (Å²) >= 11 is 0. The Kier molecular flexibility index (Phi) is 5.24. The number of aromatic nitrogens is 1. The van der Waals surface area contributed by atoms with Crippen molar-refractivity contribution < 1.29 is 0 Å². The summed E-state index contributed by atoms with van der Waals surface area (Å²) in [5.74, 6) is 0.571. The molecule has 1 heterocycles.